The van der Waals surface area contributed by atoms with Crippen molar-refractivity contribution in [1.29, 1.82) is 0 Å². The van der Waals surface area contributed by atoms with Crippen molar-refractivity contribution in [3.05, 3.63) is 71.4 Å². The van der Waals surface area contributed by atoms with Crippen LogP contribution in [0, 0.1) is 0 Å². The number of ether oxygens (including phenoxy) is 2. The Morgan fingerprint density at radius 3 is 2.71 bits per heavy atom. The number of alkyl carbamates (subject to hydrolysis) is 1. The van der Waals surface area contributed by atoms with E-state index >= 15 is 0 Å². The number of aromatic nitrogens is 1. The number of para-hydroxylation sites is 2. The molecule has 0 spiro atoms. The van der Waals surface area contributed by atoms with E-state index in [9.17, 15) is 9.59 Å². The highest BCUT2D eigenvalue weighted by Gasteiger charge is 2.26. The van der Waals surface area contributed by atoms with Crippen LogP contribution in [0.3, 0.4) is 0 Å². The molecule has 4 rings (SSSR count). The summed E-state index contributed by atoms with van der Waals surface area (Å²) in [5.41, 5.74) is 5.48. The summed E-state index contributed by atoms with van der Waals surface area (Å²) in [6, 6.07) is 14.6. The van der Waals surface area contributed by atoms with Crippen LogP contribution < -0.4 is 15.5 Å². The standard InChI is InChI=1S/C27H30N4O4/c1-17-19(13-18-9-5-8-12-24(18)34-17)16-29-31-25(32)23(30-26(33)35-27(2,3)4)14-20-15-28-22-11-7-6-10-21(20)22/h5-13,15-17,23,28H,14H2,1-4H3,(H,30,33)(H,31,32)/b29-16-/t17-,23-/m0/s1. The summed E-state index contributed by atoms with van der Waals surface area (Å²) in [5, 5.41) is 7.81. The molecule has 0 aliphatic carbocycles. The summed E-state index contributed by atoms with van der Waals surface area (Å²) in [7, 11) is 0. The minimum atomic E-state index is -0.893. The van der Waals surface area contributed by atoms with Crippen molar-refractivity contribution in [3.63, 3.8) is 0 Å². The number of aromatic amines is 1. The van der Waals surface area contributed by atoms with Crippen LogP contribution in [-0.4, -0.2) is 40.9 Å². The van der Waals surface area contributed by atoms with E-state index in [1.807, 2.05) is 67.7 Å². The quantitative estimate of drug-likeness (QED) is 0.359. The monoisotopic (exact) mass is 474 g/mol. The average Bonchev–Trinajstić information content (AvgIpc) is 3.20. The molecule has 0 bridgehead atoms. The normalized spacial score (nSPS) is 16.2. The number of hydrogen-bond donors (Lipinski definition) is 3. The minimum absolute atomic E-state index is 0.215. The molecular formula is C27H30N4O4. The molecule has 1 aliphatic heterocycles. The van der Waals surface area contributed by atoms with Crippen molar-refractivity contribution in [2.45, 2.75) is 51.9 Å². The second kappa shape index (κ2) is 10.0. The summed E-state index contributed by atoms with van der Waals surface area (Å²) >= 11 is 0. The zero-order valence-electron chi connectivity index (χ0n) is 20.3. The molecule has 35 heavy (non-hydrogen) atoms. The van der Waals surface area contributed by atoms with E-state index in [1.54, 1.807) is 27.0 Å². The Kier molecular flexibility index (Phi) is 6.91. The third-order valence-corrected chi connectivity index (χ3v) is 5.51. The highest BCUT2D eigenvalue weighted by Crippen LogP contribution is 2.28. The van der Waals surface area contributed by atoms with Gasteiger partial charge in [0.05, 0.1) is 6.21 Å². The highest BCUT2D eigenvalue weighted by molar-refractivity contribution is 5.91. The SMILES string of the molecule is C[C@@H]1Oc2ccccc2C=C1/C=N\NC(=O)[C@H](Cc1c[nH]c2ccccc12)NC(=O)OC(C)(C)C. The Morgan fingerprint density at radius 1 is 1.17 bits per heavy atom. The van der Waals surface area contributed by atoms with Gasteiger partial charge in [0.2, 0.25) is 0 Å². The molecule has 1 aliphatic rings. The largest absolute Gasteiger partial charge is 0.485 e. The lowest BCUT2D eigenvalue weighted by Gasteiger charge is -2.23. The Labute approximate surface area is 204 Å². The van der Waals surface area contributed by atoms with Gasteiger partial charge in [0.1, 0.15) is 23.5 Å². The molecule has 0 saturated heterocycles. The topological polar surface area (TPSA) is 105 Å². The molecule has 8 heteroatoms. The van der Waals surface area contributed by atoms with Gasteiger partial charge in [-0.05, 0) is 51.5 Å². The third-order valence-electron chi connectivity index (χ3n) is 5.51. The number of carbonyl (C=O) groups excluding carboxylic acids is 2. The number of amides is 2. The molecule has 2 aromatic carbocycles. The fraction of sp³-hybridized carbons (Fsp3) is 0.296. The van der Waals surface area contributed by atoms with Gasteiger partial charge in [-0.1, -0.05) is 36.4 Å². The molecule has 182 valence electrons. The Bertz CT molecular complexity index is 1290. The van der Waals surface area contributed by atoms with Crippen LogP contribution in [0.4, 0.5) is 4.79 Å². The van der Waals surface area contributed by atoms with E-state index in [-0.39, 0.29) is 12.5 Å². The number of hydrogen-bond acceptors (Lipinski definition) is 5. The molecule has 2 heterocycles. The van der Waals surface area contributed by atoms with Crippen LogP contribution in [0.1, 0.15) is 38.8 Å². The lowest BCUT2D eigenvalue weighted by atomic mass is 10.0. The highest BCUT2D eigenvalue weighted by atomic mass is 16.6. The lowest BCUT2D eigenvalue weighted by Crippen LogP contribution is -2.48. The number of rotatable bonds is 6. The molecule has 0 radical (unpaired) electrons. The van der Waals surface area contributed by atoms with Crippen LogP contribution in [0.2, 0.25) is 0 Å². The first kappa shape index (κ1) is 24.1. The van der Waals surface area contributed by atoms with Gasteiger partial charge in [0, 0.05) is 34.7 Å². The third kappa shape index (κ3) is 6.09. The zero-order chi connectivity index (χ0) is 25.0. The van der Waals surface area contributed by atoms with Crippen LogP contribution in [0.5, 0.6) is 5.75 Å². The van der Waals surface area contributed by atoms with Gasteiger partial charge in [-0.25, -0.2) is 10.2 Å². The van der Waals surface area contributed by atoms with Gasteiger partial charge in [0.25, 0.3) is 5.91 Å². The Hall–Kier alpha value is -4.07. The molecule has 3 N–H and O–H groups in total. The molecule has 0 saturated carbocycles. The van der Waals surface area contributed by atoms with Crippen LogP contribution in [0.25, 0.3) is 17.0 Å². The van der Waals surface area contributed by atoms with Crippen LogP contribution in [0.15, 0.2) is 65.4 Å². The van der Waals surface area contributed by atoms with Crippen molar-refractivity contribution >= 4 is 35.2 Å². The van der Waals surface area contributed by atoms with Crippen LogP contribution in [-0.2, 0) is 16.0 Å². The lowest BCUT2D eigenvalue weighted by molar-refractivity contribution is -0.123. The first-order valence-corrected chi connectivity index (χ1v) is 11.5. The zero-order valence-corrected chi connectivity index (χ0v) is 20.3. The van der Waals surface area contributed by atoms with Crippen molar-refractivity contribution in [2.75, 3.05) is 0 Å². The molecule has 8 nitrogen and oxygen atoms in total. The summed E-state index contributed by atoms with van der Waals surface area (Å²) in [5.74, 6) is 0.351. The van der Waals surface area contributed by atoms with Crippen molar-refractivity contribution in [2.24, 2.45) is 5.10 Å². The first-order chi connectivity index (χ1) is 16.7. The van der Waals surface area contributed by atoms with Crippen molar-refractivity contribution in [3.8, 4) is 5.75 Å². The predicted molar refractivity (Wildman–Crippen MR) is 136 cm³/mol. The van der Waals surface area contributed by atoms with Gasteiger partial charge in [0.15, 0.2) is 0 Å². The number of fused-ring (bicyclic) bond motifs is 2. The summed E-state index contributed by atoms with van der Waals surface area (Å²) in [4.78, 5) is 28.7. The first-order valence-electron chi connectivity index (χ1n) is 11.5. The second-order valence-corrected chi connectivity index (χ2v) is 9.44. The fourth-order valence-electron chi connectivity index (χ4n) is 3.83. The second-order valence-electron chi connectivity index (χ2n) is 9.44. The minimum Gasteiger partial charge on any atom is -0.485 e. The number of H-pyrrole nitrogens is 1. The van der Waals surface area contributed by atoms with Gasteiger partial charge < -0.3 is 19.8 Å². The summed E-state index contributed by atoms with van der Waals surface area (Å²) in [6.07, 6.45) is 4.76. The van der Waals surface area contributed by atoms with Gasteiger partial charge in [-0.2, -0.15) is 5.10 Å². The maximum Gasteiger partial charge on any atom is 0.408 e. The van der Waals surface area contributed by atoms with E-state index in [1.165, 1.54) is 0 Å². The van der Waals surface area contributed by atoms with Crippen molar-refractivity contribution < 1.29 is 19.1 Å². The Balaban J connectivity index is 1.49. The average molecular weight is 475 g/mol. The van der Waals surface area contributed by atoms with Gasteiger partial charge in [-0.15, -0.1) is 0 Å². The Morgan fingerprint density at radius 2 is 1.91 bits per heavy atom. The molecular weight excluding hydrogens is 444 g/mol. The smallest absolute Gasteiger partial charge is 0.408 e. The summed E-state index contributed by atoms with van der Waals surface area (Å²) in [6.45, 7) is 7.22. The number of nitrogens with one attached hydrogen (secondary N) is 3. The van der Waals surface area contributed by atoms with Gasteiger partial charge in [-0.3, -0.25) is 4.79 Å². The van der Waals surface area contributed by atoms with E-state index in [0.29, 0.717) is 0 Å². The number of hydrazone groups is 1. The van der Waals surface area contributed by atoms with E-state index in [4.69, 9.17) is 9.47 Å². The molecule has 0 fully saturated rings. The molecule has 2 atom stereocenters. The fourth-order valence-corrected chi connectivity index (χ4v) is 3.83. The van der Waals surface area contributed by atoms with E-state index in [2.05, 4.69) is 20.8 Å². The molecule has 2 amide bonds. The number of benzene rings is 2. The molecule has 3 aromatic rings. The van der Waals surface area contributed by atoms with Gasteiger partial charge >= 0.3 is 6.09 Å². The summed E-state index contributed by atoms with van der Waals surface area (Å²) < 4.78 is 11.3. The molecule has 0 unspecified atom stereocenters. The van der Waals surface area contributed by atoms with E-state index in [0.717, 1.165) is 33.4 Å². The maximum atomic E-state index is 13.1. The van der Waals surface area contributed by atoms with Crippen molar-refractivity contribution in [1.82, 2.24) is 15.7 Å². The number of nitrogens with zero attached hydrogens (tertiary/aromatic N) is 1. The molecule has 1 aromatic heterocycles. The van der Waals surface area contributed by atoms with E-state index < -0.39 is 23.6 Å². The number of carbonyl (C=O) groups is 2. The maximum absolute atomic E-state index is 13.1. The van der Waals surface area contributed by atoms with Crippen LogP contribution >= 0.6 is 0 Å². The predicted octanol–water partition coefficient (Wildman–Crippen LogP) is 4.57.